The van der Waals surface area contributed by atoms with Gasteiger partial charge in [-0.2, -0.15) is 0 Å². The lowest BCUT2D eigenvalue weighted by atomic mass is 9.87. The fourth-order valence-corrected chi connectivity index (χ4v) is 4.85. The fourth-order valence-electron chi connectivity index (χ4n) is 2.69. The molecule has 0 bridgehead atoms. The van der Waals surface area contributed by atoms with Gasteiger partial charge >= 0.3 is 0 Å². The van der Waals surface area contributed by atoms with Crippen LogP contribution in [0.2, 0.25) is 0 Å². The van der Waals surface area contributed by atoms with Gasteiger partial charge in [0.25, 0.3) is 0 Å². The van der Waals surface area contributed by atoms with Gasteiger partial charge in [-0.1, -0.05) is 34.6 Å². The summed E-state index contributed by atoms with van der Waals surface area (Å²) in [6.45, 7) is 12.1. The quantitative estimate of drug-likeness (QED) is 0.804. The van der Waals surface area contributed by atoms with E-state index in [0.717, 1.165) is 25.3 Å². The molecule has 0 saturated heterocycles. The van der Waals surface area contributed by atoms with E-state index >= 15 is 0 Å². The first-order chi connectivity index (χ1) is 8.47. The average molecular weight is 273 g/mol. The van der Waals surface area contributed by atoms with Crippen LogP contribution in [0, 0.1) is 11.8 Å². The average Bonchev–Trinajstić information content (AvgIpc) is 2.35. The van der Waals surface area contributed by atoms with Crippen molar-refractivity contribution in [3.05, 3.63) is 0 Å². The second-order valence-corrected chi connectivity index (χ2v) is 8.30. The number of hydrogen-bond acceptors (Lipinski definition) is 2. The first-order valence-electron chi connectivity index (χ1n) is 7.60. The third-order valence-corrected chi connectivity index (χ3v) is 6.71. The molecule has 3 heteroatoms. The van der Waals surface area contributed by atoms with Crippen molar-refractivity contribution in [2.24, 2.45) is 11.8 Å². The van der Waals surface area contributed by atoms with Crippen LogP contribution in [0.1, 0.15) is 60.3 Å². The van der Waals surface area contributed by atoms with Crippen molar-refractivity contribution in [2.45, 2.75) is 76.8 Å². The molecule has 18 heavy (non-hydrogen) atoms. The number of hydrogen-bond donors (Lipinski definition) is 1. The van der Waals surface area contributed by atoms with Crippen molar-refractivity contribution in [3.8, 4) is 0 Å². The van der Waals surface area contributed by atoms with Crippen LogP contribution < -0.4 is 5.32 Å². The molecule has 1 aliphatic carbocycles. The Morgan fingerprint density at radius 1 is 1.28 bits per heavy atom. The summed E-state index contributed by atoms with van der Waals surface area (Å²) in [5.41, 5.74) is 0. The monoisotopic (exact) mass is 273 g/mol. The summed E-state index contributed by atoms with van der Waals surface area (Å²) in [6, 6.07) is 0.475. The van der Waals surface area contributed by atoms with E-state index in [1.165, 1.54) is 12.8 Å². The van der Waals surface area contributed by atoms with E-state index in [0.29, 0.717) is 22.5 Å². The van der Waals surface area contributed by atoms with Gasteiger partial charge in [0.05, 0.1) is 5.25 Å². The highest BCUT2D eigenvalue weighted by atomic mass is 32.2. The molecule has 0 aromatic heterocycles. The number of nitrogens with one attached hydrogen (secondary N) is 1. The zero-order valence-corrected chi connectivity index (χ0v) is 13.6. The van der Waals surface area contributed by atoms with Gasteiger partial charge in [0.15, 0.2) is 0 Å². The first kappa shape index (κ1) is 16.2. The van der Waals surface area contributed by atoms with Gasteiger partial charge in [-0.15, -0.1) is 0 Å². The normalized spacial score (nSPS) is 32.4. The predicted molar refractivity (Wildman–Crippen MR) is 81.3 cm³/mol. The van der Waals surface area contributed by atoms with Gasteiger partial charge in [-0.05, 0) is 44.1 Å². The molecule has 0 aromatic rings. The Morgan fingerprint density at radius 2 is 1.94 bits per heavy atom. The third kappa shape index (κ3) is 4.34. The molecule has 1 fully saturated rings. The maximum atomic E-state index is 12.7. The van der Waals surface area contributed by atoms with Crippen LogP contribution >= 0.6 is 0 Å². The molecule has 0 radical (unpaired) electrons. The first-order valence-corrected chi connectivity index (χ1v) is 8.87. The summed E-state index contributed by atoms with van der Waals surface area (Å²) in [6.07, 6.45) is 4.77. The predicted octanol–water partition coefficient (Wildman–Crippen LogP) is 3.34. The lowest BCUT2D eigenvalue weighted by molar-refractivity contribution is 0.312. The summed E-state index contributed by atoms with van der Waals surface area (Å²) in [5.74, 6) is 1.24. The lowest BCUT2D eigenvalue weighted by Gasteiger charge is -2.37. The molecular weight excluding hydrogens is 242 g/mol. The zero-order chi connectivity index (χ0) is 13.7. The van der Waals surface area contributed by atoms with Crippen molar-refractivity contribution in [1.29, 1.82) is 0 Å². The third-order valence-electron chi connectivity index (χ3n) is 4.31. The molecule has 1 rings (SSSR count). The topological polar surface area (TPSA) is 29.1 Å². The molecular formula is C15H31NOS. The van der Waals surface area contributed by atoms with Crippen molar-refractivity contribution in [3.63, 3.8) is 0 Å². The molecule has 1 aliphatic rings. The Hall–Kier alpha value is 0.110. The van der Waals surface area contributed by atoms with Crippen molar-refractivity contribution >= 4 is 10.8 Å². The molecule has 5 atom stereocenters. The van der Waals surface area contributed by atoms with Crippen molar-refractivity contribution in [1.82, 2.24) is 5.32 Å². The molecule has 0 amide bonds. The minimum Gasteiger partial charge on any atom is -0.313 e. The highest BCUT2D eigenvalue weighted by Gasteiger charge is 2.35. The lowest BCUT2D eigenvalue weighted by Crippen LogP contribution is -2.48. The van der Waals surface area contributed by atoms with Crippen molar-refractivity contribution < 1.29 is 4.21 Å². The second-order valence-electron chi connectivity index (χ2n) is 6.29. The van der Waals surface area contributed by atoms with E-state index in [1.807, 2.05) is 0 Å². The van der Waals surface area contributed by atoms with E-state index < -0.39 is 10.8 Å². The van der Waals surface area contributed by atoms with Gasteiger partial charge in [-0.25, -0.2) is 0 Å². The zero-order valence-electron chi connectivity index (χ0n) is 12.7. The van der Waals surface area contributed by atoms with E-state index in [2.05, 4.69) is 39.9 Å². The van der Waals surface area contributed by atoms with Gasteiger partial charge in [0.2, 0.25) is 0 Å². The number of rotatable bonds is 6. The van der Waals surface area contributed by atoms with Gasteiger partial charge < -0.3 is 5.32 Å². The van der Waals surface area contributed by atoms with Crippen LogP contribution in [0.25, 0.3) is 0 Å². The van der Waals surface area contributed by atoms with E-state index in [1.54, 1.807) is 0 Å². The molecule has 1 N–H and O–H groups in total. The Bertz CT molecular complexity index is 265. The second kappa shape index (κ2) is 7.64. The molecule has 0 heterocycles. The van der Waals surface area contributed by atoms with Gasteiger partial charge in [0.1, 0.15) is 0 Å². The summed E-state index contributed by atoms with van der Waals surface area (Å²) < 4.78 is 12.7. The largest absolute Gasteiger partial charge is 0.313 e. The smallest absolute Gasteiger partial charge is 0.0506 e. The van der Waals surface area contributed by atoms with Gasteiger partial charge in [-0.3, -0.25) is 4.21 Å². The Labute approximate surface area is 116 Å². The molecule has 108 valence electrons. The molecule has 1 saturated carbocycles. The summed E-state index contributed by atoms with van der Waals surface area (Å²) in [5, 5.41) is 4.29. The summed E-state index contributed by atoms with van der Waals surface area (Å²) >= 11 is 0. The van der Waals surface area contributed by atoms with E-state index in [9.17, 15) is 4.21 Å². The highest BCUT2D eigenvalue weighted by Crippen LogP contribution is 2.30. The Kier molecular flexibility index (Phi) is 6.86. The maximum absolute atomic E-state index is 12.7. The van der Waals surface area contributed by atoms with E-state index in [4.69, 9.17) is 0 Å². The Balaban J connectivity index is 2.68. The molecule has 0 spiro atoms. The minimum absolute atomic E-state index is 0.311. The molecule has 0 aromatic carbocycles. The van der Waals surface area contributed by atoms with E-state index in [-0.39, 0.29) is 0 Å². The molecule has 5 unspecified atom stereocenters. The Morgan fingerprint density at radius 3 is 2.50 bits per heavy atom. The minimum atomic E-state index is -0.698. The molecule has 0 aliphatic heterocycles. The van der Waals surface area contributed by atoms with Crippen LogP contribution in [0.4, 0.5) is 0 Å². The molecule has 2 nitrogen and oxygen atoms in total. The summed E-state index contributed by atoms with van der Waals surface area (Å²) in [4.78, 5) is 0. The summed E-state index contributed by atoms with van der Waals surface area (Å²) in [7, 11) is -0.698. The van der Waals surface area contributed by atoms with Crippen LogP contribution in [0.3, 0.4) is 0 Å². The van der Waals surface area contributed by atoms with Crippen LogP contribution in [0.15, 0.2) is 0 Å². The SMILES string of the molecule is CCCNC1CCC(C)CC1S(=O)C(C)C(C)C. The standard InChI is InChI=1S/C15H31NOS/c1-6-9-16-14-8-7-12(4)10-15(14)18(17)13(5)11(2)3/h11-16H,6-10H2,1-5H3. The highest BCUT2D eigenvalue weighted by molar-refractivity contribution is 7.86. The van der Waals surface area contributed by atoms with Crippen LogP contribution in [-0.2, 0) is 10.8 Å². The maximum Gasteiger partial charge on any atom is 0.0506 e. The van der Waals surface area contributed by atoms with Crippen LogP contribution in [-0.4, -0.2) is 27.3 Å². The van der Waals surface area contributed by atoms with Gasteiger partial charge in [0, 0.05) is 22.1 Å². The fraction of sp³-hybridized carbons (Fsp3) is 1.00. The van der Waals surface area contributed by atoms with Crippen LogP contribution in [0.5, 0.6) is 0 Å². The van der Waals surface area contributed by atoms with Crippen molar-refractivity contribution in [2.75, 3.05) is 6.54 Å².